The molecule has 2 aromatic heterocycles. The largest absolute Gasteiger partial charge is 0.455 e. The van der Waals surface area contributed by atoms with E-state index in [1.807, 2.05) is 6.07 Å². The normalized spacial score (nSPS) is 11.9. The van der Waals surface area contributed by atoms with Crippen molar-refractivity contribution in [3.8, 4) is 0 Å². The zero-order valence-corrected chi connectivity index (χ0v) is 28.1. The Balaban J connectivity index is 0. The molecule has 13 heteroatoms. The number of aromatic nitrogens is 4. The van der Waals surface area contributed by atoms with E-state index in [0.29, 0.717) is 10.3 Å². The Kier molecular flexibility index (Phi) is 17.5. The van der Waals surface area contributed by atoms with E-state index in [9.17, 15) is 0 Å². The maximum Gasteiger partial charge on any atom is 0.196 e. The van der Waals surface area contributed by atoms with Crippen LogP contribution in [0.5, 0.6) is 0 Å². The fourth-order valence-corrected chi connectivity index (χ4v) is 19.7. The summed E-state index contributed by atoms with van der Waals surface area (Å²) >= 11 is 12.1. The first-order valence-electron chi connectivity index (χ1n) is 10.8. The van der Waals surface area contributed by atoms with Crippen LogP contribution < -0.4 is 0 Å². The summed E-state index contributed by atoms with van der Waals surface area (Å²) < 4.78 is 12.7. The molecule has 0 fully saturated rings. The van der Waals surface area contributed by atoms with E-state index in [-0.39, 0.29) is 7.43 Å². The Bertz CT molecular complexity index is 831. The topological polar surface area (TPSA) is 72.9 Å². The number of nitrogens with one attached hydrogen (secondary N) is 1. The smallest absolute Gasteiger partial charge is 0.196 e. The van der Waals surface area contributed by atoms with Gasteiger partial charge >= 0.3 is 0 Å². The van der Waals surface area contributed by atoms with Gasteiger partial charge in [0.05, 0.1) is 0 Å². The lowest BCUT2D eigenvalue weighted by atomic mass is 10.7. The van der Waals surface area contributed by atoms with Gasteiger partial charge in [0.1, 0.15) is 0 Å². The monoisotopic (exact) mass is 596 g/mol. The van der Waals surface area contributed by atoms with Crippen molar-refractivity contribution in [1.29, 1.82) is 0 Å². The molecule has 0 saturated carbocycles. The van der Waals surface area contributed by atoms with Crippen LogP contribution in [0.2, 0.25) is 65.5 Å². The molecular weight excluding hydrogens is 552 g/mol. The Hall–Kier alpha value is -0.192. The van der Waals surface area contributed by atoms with Gasteiger partial charge in [0.25, 0.3) is 0 Å². The highest BCUT2D eigenvalue weighted by Crippen LogP contribution is 2.22. The molecule has 0 saturated heterocycles. The average Bonchev–Trinajstić information content (AvgIpc) is 2.65. The molecule has 2 heterocycles. The number of alkyl halides is 1. The van der Waals surface area contributed by atoms with Crippen molar-refractivity contribution in [3.63, 3.8) is 0 Å². The van der Waals surface area contributed by atoms with E-state index < -0.39 is 33.3 Å². The number of thioether (sulfide) groups is 1. The zero-order valence-electron chi connectivity index (χ0n) is 21.7. The number of hydrogen-bond acceptors (Lipinski definition) is 7. The van der Waals surface area contributed by atoms with Crippen LogP contribution in [0.4, 0.5) is 0 Å². The number of hydrogen-bond donors (Lipinski definition) is 1. The van der Waals surface area contributed by atoms with Gasteiger partial charge in [0, 0.05) is 35.7 Å². The van der Waals surface area contributed by atoms with Crippen LogP contribution in [0, 0.1) is 4.77 Å². The quantitative estimate of drug-likeness (QED) is 0.110. The van der Waals surface area contributed by atoms with Crippen LogP contribution in [0.15, 0.2) is 42.1 Å². The molecular formula is C21H45ClN4O2S2Si4. The van der Waals surface area contributed by atoms with E-state index in [0.717, 1.165) is 10.5 Å². The molecule has 0 spiro atoms. The van der Waals surface area contributed by atoms with Crippen molar-refractivity contribution in [3.05, 3.63) is 41.7 Å². The van der Waals surface area contributed by atoms with Gasteiger partial charge in [-0.05, 0) is 89.8 Å². The van der Waals surface area contributed by atoms with Crippen molar-refractivity contribution in [1.82, 2.24) is 19.9 Å². The lowest BCUT2D eigenvalue weighted by Gasteiger charge is -2.30. The third-order valence-electron chi connectivity index (χ3n) is 3.16. The molecule has 2 rings (SSSR count). The predicted octanol–water partition coefficient (Wildman–Crippen LogP) is 7.76. The van der Waals surface area contributed by atoms with Crippen LogP contribution in [0.1, 0.15) is 7.43 Å². The molecule has 0 unspecified atom stereocenters. The third kappa shape index (κ3) is 22.3. The first-order chi connectivity index (χ1) is 14.9. The summed E-state index contributed by atoms with van der Waals surface area (Å²) in [6.45, 7) is 22.2. The zero-order chi connectivity index (χ0) is 25.8. The minimum absolute atomic E-state index is 0. The van der Waals surface area contributed by atoms with Crippen molar-refractivity contribution in [2.75, 3.05) is 10.9 Å². The Morgan fingerprint density at radius 3 is 1.62 bits per heavy atom. The van der Waals surface area contributed by atoms with Crippen LogP contribution in [-0.2, 0) is 8.23 Å². The van der Waals surface area contributed by atoms with E-state index in [4.69, 9.17) is 19.8 Å². The lowest BCUT2D eigenvalue weighted by Crippen LogP contribution is -2.44. The van der Waals surface area contributed by atoms with Crippen molar-refractivity contribution >= 4 is 68.9 Å². The van der Waals surface area contributed by atoms with Gasteiger partial charge in [-0.1, -0.05) is 19.2 Å². The number of nitrogens with zero attached hydrogens (tertiary/aromatic N) is 3. The highest BCUT2D eigenvalue weighted by Gasteiger charge is 2.30. The number of aromatic amines is 1. The predicted molar refractivity (Wildman–Crippen MR) is 163 cm³/mol. The number of H-pyrrole nitrogens is 1. The second-order valence-corrected chi connectivity index (χ2v) is 30.9. The fraction of sp³-hybridized carbons (Fsp3) is 0.619. The van der Waals surface area contributed by atoms with Crippen molar-refractivity contribution in [2.24, 2.45) is 0 Å². The molecule has 2 aromatic rings. The second kappa shape index (κ2) is 16.5. The van der Waals surface area contributed by atoms with E-state index >= 15 is 0 Å². The van der Waals surface area contributed by atoms with Gasteiger partial charge in [-0.15, -0.1) is 11.6 Å². The van der Waals surface area contributed by atoms with Gasteiger partial charge in [-0.2, -0.15) is 0 Å². The van der Waals surface area contributed by atoms with E-state index in [1.54, 1.807) is 42.6 Å². The summed E-state index contributed by atoms with van der Waals surface area (Å²) in [5.41, 5.74) is 0.706. The Morgan fingerprint density at radius 1 is 0.824 bits per heavy atom. The molecule has 0 aromatic carbocycles. The molecule has 0 amide bonds. The number of halogens is 1. The summed E-state index contributed by atoms with van der Waals surface area (Å²) in [5, 5.41) is 1.86. The molecule has 34 heavy (non-hydrogen) atoms. The average molecular weight is 598 g/mol. The van der Waals surface area contributed by atoms with Crippen LogP contribution >= 0.6 is 35.6 Å². The molecule has 0 aliphatic heterocycles. The maximum atomic E-state index is 6.25. The van der Waals surface area contributed by atoms with E-state index in [2.05, 4.69) is 97.6 Å². The van der Waals surface area contributed by atoms with Gasteiger partial charge in [-0.3, -0.25) is 0 Å². The Labute approximate surface area is 226 Å². The van der Waals surface area contributed by atoms with Crippen LogP contribution in [0.3, 0.4) is 0 Å². The SMILES string of the molecule is C.C[Si](C)(C)O[Si](C)(C)CCl.C[Si](C)(C)O[Si](C)(C)CSc1ncccn1.S=c1nccc[nH]1. The maximum absolute atomic E-state index is 6.25. The van der Waals surface area contributed by atoms with Gasteiger partial charge < -0.3 is 13.2 Å². The van der Waals surface area contributed by atoms with E-state index in [1.165, 1.54) is 0 Å². The van der Waals surface area contributed by atoms with Crippen LogP contribution in [-0.4, -0.2) is 64.1 Å². The second-order valence-electron chi connectivity index (χ2n) is 10.5. The summed E-state index contributed by atoms with van der Waals surface area (Å²) in [5.74, 6) is 0. The molecule has 196 valence electrons. The highest BCUT2D eigenvalue weighted by atomic mass is 35.5. The van der Waals surface area contributed by atoms with Gasteiger partial charge in [0.2, 0.25) is 0 Å². The van der Waals surface area contributed by atoms with Crippen LogP contribution in [0.25, 0.3) is 0 Å². The summed E-state index contributed by atoms with van der Waals surface area (Å²) in [6.07, 6.45) is 6.96. The molecule has 0 atom stereocenters. The minimum Gasteiger partial charge on any atom is -0.455 e. The standard InChI is InChI=1S/C10H20N2OSSi2.C6H17ClOSi2.C4H4N2S.CH4/c1-15(2,3)13-16(4,5)9-14-10-11-7-6-8-12-10;1-9(2,3)8-10(4,5)6-7;7-4-5-2-1-3-6-4;/h6-8H,9H2,1-5H3;6H2,1-5H3;1-3H,(H,5,6,7);1H4. The number of rotatable bonds is 8. The first kappa shape index (κ1) is 36.0. The molecule has 0 radical (unpaired) electrons. The summed E-state index contributed by atoms with van der Waals surface area (Å²) in [4.78, 5) is 14.9. The minimum atomic E-state index is -1.58. The lowest BCUT2D eigenvalue weighted by molar-refractivity contribution is 0.556. The Morgan fingerprint density at radius 2 is 1.29 bits per heavy atom. The van der Waals surface area contributed by atoms with Crippen molar-refractivity contribution in [2.45, 2.75) is 78.1 Å². The van der Waals surface area contributed by atoms with Gasteiger partial charge in [-0.25, -0.2) is 15.0 Å². The van der Waals surface area contributed by atoms with Gasteiger partial charge in [0.15, 0.2) is 43.2 Å². The summed E-state index contributed by atoms with van der Waals surface area (Å²) in [6, 6.07) is 3.63. The summed E-state index contributed by atoms with van der Waals surface area (Å²) in [7, 11) is -5.82. The molecule has 0 bridgehead atoms. The highest BCUT2D eigenvalue weighted by molar-refractivity contribution is 8.00. The fourth-order valence-electron chi connectivity index (χ4n) is 2.62. The molecule has 1 N–H and O–H groups in total. The molecule has 0 aliphatic carbocycles. The third-order valence-corrected chi connectivity index (χ3v) is 19.1. The van der Waals surface area contributed by atoms with Crippen molar-refractivity contribution < 1.29 is 8.23 Å². The molecule has 0 aliphatic rings. The molecule has 6 nitrogen and oxygen atoms in total. The first-order valence-corrected chi connectivity index (χ1v) is 25.8.